The van der Waals surface area contributed by atoms with E-state index in [1.165, 1.54) is 0 Å². The molecule has 2 rings (SSSR count). The number of hydrogen-bond acceptors (Lipinski definition) is 6. The lowest BCUT2D eigenvalue weighted by atomic mass is 10.2. The van der Waals surface area contributed by atoms with Crippen molar-refractivity contribution in [3.63, 3.8) is 0 Å². The number of carbonyl (C=O) groups excluding carboxylic acids is 4. The first-order valence-corrected chi connectivity index (χ1v) is 7.49. The Kier molecular flexibility index (Phi) is 4.28. The van der Waals surface area contributed by atoms with Gasteiger partial charge in [0.15, 0.2) is 0 Å². The fourth-order valence-corrected chi connectivity index (χ4v) is 3.57. The van der Waals surface area contributed by atoms with Crippen LogP contribution in [-0.4, -0.2) is 45.6 Å². The molecular weight excluding hydrogens is 276 g/mol. The molecule has 2 saturated heterocycles. The number of rotatable bonds is 2. The zero-order valence-corrected chi connectivity index (χ0v) is 11.1. The summed E-state index contributed by atoms with van der Waals surface area (Å²) >= 11 is 2.30. The second-order valence-corrected chi connectivity index (χ2v) is 6.16. The third kappa shape index (κ3) is 3.05. The molecule has 2 N–H and O–H groups in total. The van der Waals surface area contributed by atoms with Gasteiger partial charge in [0, 0.05) is 11.5 Å². The quantitative estimate of drug-likeness (QED) is 0.652. The van der Waals surface area contributed by atoms with Crippen LogP contribution in [0.2, 0.25) is 0 Å². The minimum absolute atomic E-state index is 0.122. The fraction of sp³-hybridized carbons (Fsp3) is 0.600. The van der Waals surface area contributed by atoms with Crippen LogP contribution in [0.25, 0.3) is 0 Å². The van der Waals surface area contributed by atoms with Gasteiger partial charge in [0.05, 0.1) is 12.1 Å². The number of amides is 2. The van der Waals surface area contributed by atoms with Crippen LogP contribution >= 0.6 is 23.5 Å². The highest BCUT2D eigenvalue weighted by Gasteiger charge is 2.32. The van der Waals surface area contributed by atoms with Gasteiger partial charge in [-0.15, -0.1) is 0 Å². The van der Waals surface area contributed by atoms with Crippen LogP contribution in [-0.2, 0) is 19.2 Å². The Morgan fingerprint density at radius 3 is 1.56 bits per heavy atom. The van der Waals surface area contributed by atoms with Gasteiger partial charge in [-0.3, -0.25) is 19.2 Å². The maximum atomic E-state index is 11.5. The van der Waals surface area contributed by atoms with E-state index in [1.807, 2.05) is 0 Å². The molecule has 18 heavy (non-hydrogen) atoms. The predicted octanol–water partition coefficient (Wildman–Crippen LogP) is -0.717. The molecule has 0 aromatic carbocycles. The summed E-state index contributed by atoms with van der Waals surface area (Å²) in [6.07, 6.45) is 1.08. The second kappa shape index (κ2) is 5.75. The van der Waals surface area contributed by atoms with Gasteiger partial charge in [-0.2, -0.15) is 0 Å². The lowest BCUT2D eigenvalue weighted by molar-refractivity contribution is -0.140. The maximum Gasteiger partial charge on any atom is 0.309 e. The molecule has 0 unspecified atom stereocenters. The normalized spacial score (nSPS) is 27.3. The molecule has 0 aromatic rings. The molecule has 2 fully saturated rings. The lowest BCUT2D eigenvalue weighted by Gasteiger charge is -2.12. The highest BCUT2D eigenvalue weighted by atomic mass is 32.2. The highest BCUT2D eigenvalue weighted by Crippen LogP contribution is 2.20. The number of hydrogen-bond donors (Lipinski definition) is 2. The van der Waals surface area contributed by atoms with E-state index < -0.39 is 23.9 Å². The van der Waals surface area contributed by atoms with E-state index in [2.05, 4.69) is 10.6 Å². The summed E-state index contributed by atoms with van der Waals surface area (Å²) in [6, 6.07) is -1.16. The molecule has 0 saturated carbocycles. The van der Waals surface area contributed by atoms with Crippen molar-refractivity contribution in [2.45, 2.75) is 24.9 Å². The Morgan fingerprint density at radius 1 is 0.889 bits per heavy atom. The maximum absolute atomic E-state index is 11.5. The molecule has 0 aromatic heterocycles. The van der Waals surface area contributed by atoms with E-state index >= 15 is 0 Å². The van der Waals surface area contributed by atoms with Crippen molar-refractivity contribution in [1.29, 1.82) is 0 Å². The standard InChI is InChI=1S/C10H12N2O4S2/c13-7(11-5-1-3-17-9(5)15)8(14)12-6-2-4-18-10(6)16/h5-6H,1-4H2,(H,11,13)(H,12,14)/t5-,6+. The molecule has 0 spiro atoms. The number of nitrogens with one attached hydrogen (secondary N) is 2. The minimum atomic E-state index is -0.847. The van der Waals surface area contributed by atoms with E-state index in [0.29, 0.717) is 24.3 Å². The third-order valence-corrected chi connectivity index (χ3v) is 4.71. The van der Waals surface area contributed by atoms with Crippen LogP contribution in [0.1, 0.15) is 12.8 Å². The Bertz CT molecular complexity index is 375. The van der Waals surface area contributed by atoms with Gasteiger partial charge in [-0.25, -0.2) is 0 Å². The number of thioether (sulfide) groups is 2. The topological polar surface area (TPSA) is 92.3 Å². The van der Waals surface area contributed by atoms with Gasteiger partial charge < -0.3 is 10.6 Å². The molecule has 0 aliphatic carbocycles. The molecule has 2 aliphatic rings. The largest absolute Gasteiger partial charge is 0.337 e. The second-order valence-electron chi connectivity index (χ2n) is 3.96. The molecule has 2 aliphatic heterocycles. The van der Waals surface area contributed by atoms with Crippen molar-refractivity contribution in [2.24, 2.45) is 0 Å². The van der Waals surface area contributed by atoms with Gasteiger partial charge in [-0.05, 0) is 12.8 Å². The summed E-state index contributed by atoms with van der Waals surface area (Å²) in [4.78, 5) is 45.6. The van der Waals surface area contributed by atoms with Crippen LogP contribution < -0.4 is 10.6 Å². The molecule has 0 bridgehead atoms. The average molecular weight is 288 g/mol. The highest BCUT2D eigenvalue weighted by molar-refractivity contribution is 8.14. The fourth-order valence-electron chi connectivity index (χ4n) is 1.70. The summed E-state index contributed by atoms with van der Waals surface area (Å²) in [5, 5.41) is 4.51. The summed E-state index contributed by atoms with van der Waals surface area (Å²) in [5.41, 5.74) is 0. The van der Waals surface area contributed by atoms with Crippen molar-refractivity contribution in [1.82, 2.24) is 10.6 Å². The summed E-state index contributed by atoms with van der Waals surface area (Å²) in [7, 11) is 0. The van der Waals surface area contributed by atoms with E-state index in [4.69, 9.17) is 0 Å². The molecule has 2 amide bonds. The van der Waals surface area contributed by atoms with Crippen LogP contribution in [0.5, 0.6) is 0 Å². The monoisotopic (exact) mass is 288 g/mol. The van der Waals surface area contributed by atoms with Crippen molar-refractivity contribution >= 4 is 45.6 Å². The average Bonchev–Trinajstić information content (AvgIpc) is 2.90. The van der Waals surface area contributed by atoms with Crippen molar-refractivity contribution in [3.8, 4) is 0 Å². The van der Waals surface area contributed by atoms with Crippen molar-refractivity contribution in [3.05, 3.63) is 0 Å². The molecule has 2 heterocycles. The Labute approximate surface area is 112 Å². The first-order valence-electron chi connectivity index (χ1n) is 5.52. The number of carbonyl (C=O) groups is 4. The van der Waals surface area contributed by atoms with Crippen LogP contribution in [0.4, 0.5) is 0 Å². The zero-order chi connectivity index (χ0) is 13.1. The Balaban J connectivity index is 1.83. The smallest absolute Gasteiger partial charge is 0.309 e. The van der Waals surface area contributed by atoms with Gasteiger partial charge in [0.1, 0.15) is 0 Å². The molecule has 8 heteroatoms. The Hall–Kier alpha value is -1.02. The van der Waals surface area contributed by atoms with Crippen molar-refractivity contribution in [2.75, 3.05) is 11.5 Å². The third-order valence-electron chi connectivity index (χ3n) is 2.69. The summed E-state index contributed by atoms with van der Waals surface area (Å²) in [6.45, 7) is 0. The molecule has 2 atom stereocenters. The lowest BCUT2D eigenvalue weighted by Crippen LogP contribution is -2.49. The first kappa shape index (κ1) is 13.4. The van der Waals surface area contributed by atoms with Crippen LogP contribution in [0, 0.1) is 0 Å². The zero-order valence-electron chi connectivity index (χ0n) is 9.43. The van der Waals surface area contributed by atoms with Crippen LogP contribution in [0.15, 0.2) is 0 Å². The van der Waals surface area contributed by atoms with E-state index in [1.54, 1.807) is 0 Å². The van der Waals surface area contributed by atoms with Crippen molar-refractivity contribution < 1.29 is 19.2 Å². The van der Waals surface area contributed by atoms with Gasteiger partial charge in [-0.1, -0.05) is 23.5 Å². The van der Waals surface area contributed by atoms with Crippen LogP contribution in [0.3, 0.4) is 0 Å². The summed E-state index contributed by atoms with van der Waals surface area (Å²) in [5.74, 6) is -0.382. The molecule has 6 nitrogen and oxygen atoms in total. The molecule has 98 valence electrons. The summed E-state index contributed by atoms with van der Waals surface area (Å²) < 4.78 is 0. The minimum Gasteiger partial charge on any atom is -0.337 e. The Morgan fingerprint density at radius 2 is 1.28 bits per heavy atom. The van der Waals surface area contributed by atoms with E-state index in [-0.39, 0.29) is 10.2 Å². The van der Waals surface area contributed by atoms with E-state index in [0.717, 1.165) is 23.5 Å². The van der Waals surface area contributed by atoms with Gasteiger partial charge in [0.2, 0.25) is 10.2 Å². The molecular formula is C10H12N2O4S2. The van der Waals surface area contributed by atoms with Gasteiger partial charge >= 0.3 is 11.8 Å². The predicted molar refractivity (Wildman–Crippen MR) is 68.0 cm³/mol. The van der Waals surface area contributed by atoms with Gasteiger partial charge in [0.25, 0.3) is 0 Å². The SMILES string of the molecule is O=C(N[C@H]1CCSC1=O)C(=O)N[C@@H]1CCSC1=O. The first-order chi connectivity index (χ1) is 8.58. The molecule has 0 radical (unpaired) electrons. The van der Waals surface area contributed by atoms with E-state index in [9.17, 15) is 19.2 Å².